The lowest BCUT2D eigenvalue weighted by molar-refractivity contribution is -1.08. The van der Waals surface area contributed by atoms with E-state index in [1.807, 2.05) is 6.07 Å². The van der Waals surface area contributed by atoms with Gasteiger partial charge in [-0.1, -0.05) is 36.4 Å². The fourth-order valence-corrected chi connectivity index (χ4v) is 10.1. The lowest BCUT2D eigenvalue weighted by Crippen LogP contribution is -2.76. The van der Waals surface area contributed by atoms with Crippen molar-refractivity contribution in [3.63, 3.8) is 0 Å². The molecule has 5 fully saturated rings. The predicted octanol–water partition coefficient (Wildman–Crippen LogP) is 2.44. The maximum Gasteiger partial charge on any atom is 0.352 e. The summed E-state index contributed by atoms with van der Waals surface area (Å²) in [5, 5.41) is 20.7. The van der Waals surface area contributed by atoms with Gasteiger partial charge in [0.25, 0.3) is 5.91 Å². The zero-order valence-corrected chi connectivity index (χ0v) is 26.4. The minimum Gasteiger partial charge on any atom is -0.485 e. The van der Waals surface area contributed by atoms with E-state index in [9.17, 15) is 24.6 Å². The lowest BCUT2D eigenvalue weighted by Gasteiger charge is -2.55. The van der Waals surface area contributed by atoms with Crippen LogP contribution in [0.15, 0.2) is 53.7 Å². The van der Waals surface area contributed by atoms with Crippen LogP contribution in [0.25, 0.3) is 11.1 Å². The van der Waals surface area contributed by atoms with Crippen LogP contribution >= 0.6 is 0 Å². The molecule has 10 heteroatoms. The molecule has 2 bridgehead atoms. The molecule has 6 atom stereocenters. The molecular weight excluding hydrogens is 584 g/mol. The van der Waals surface area contributed by atoms with Gasteiger partial charge in [0.1, 0.15) is 56.8 Å². The molecule has 0 spiro atoms. The van der Waals surface area contributed by atoms with Crippen molar-refractivity contribution in [2.45, 2.75) is 56.8 Å². The van der Waals surface area contributed by atoms with E-state index < -0.39 is 24.1 Å². The predicted molar refractivity (Wildman–Crippen MR) is 169 cm³/mol. The summed E-state index contributed by atoms with van der Waals surface area (Å²) >= 11 is 0. The van der Waals surface area contributed by atoms with Gasteiger partial charge in [0.15, 0.2) is 6.54 Å². The molecule has 0 aromatic heterocycles. The Balaban J connectivity index is 1.08. The fourth-order valence-electron chi connectivity index (χ4n) is 10.1. The van der Waals surface area contributed by atoms with Gasteiger partial charge < -0.3 is 34.5 Å². The number of nitrogens with zero attached hydrogens (tertiary/aromatic N) is 3. The number of fused-ring (bicyclic) bond motifs is 9. The summed E-state index contributed by atoms with van der Waals surface area (Å²) in [7, 11) is 0. The van der Waals surface area contributed by atoms with Gasteiger partial charge in [-0.05, 0) is 48.9 Å². The molecule has 2 aliphatic carbocycles. The molecule has 2 amide bonds. The molecular formula is C36H44N4O6+2. The molecule has 7 aliphatic rings. The van der Waals surface area contributed by atoms with E-state index >= 15 is 0 Å². The molecule has 5 aliphatic heterocycles. The summed E-state index contributed by atoms with van der Waals surface area (Å²) in [4.78, 5) is 38.8. The molecule has 46 heavy (non-hydrogen) atoms. The maximum absolute atomic E-state index is 13.0. The Morgan fingerprint density at radius 1 is 1.00 bits per heavy atom. The van der Waals surface area contributed by atoms with Crippen LogP contribution in [-0.4, -0.2) is 112 Å². The van der Waals surface area contributed by atoms with Crippen LogP contribution in [0.1, 0.15) is 49.7 Å². The smallest absolute Gasteiger partial charge is 0.352 e. The van der Waals surface area contributed by atoms with Gasteiger partial charge in [-0.2, -0.15) is 0 Å². The number of aliphatic hydroxyl groups is 1. The second kappa shape index (κ2) is 10.7. The Kier molecular flexibility index (Phi) is 6.87. The number of hydrogen-bond acceptors (Lipinski definition) is 5. The van der Waals surface area contributed by atoms with Crippen LogP contribution in [0.4, 0.5) is 0 Å². The molecule has 1 saturated carbocycles. The molecule has 2 aromatic carbocycles. The Morgan fingerprint density at radius 3 is 2.39 bits per heavy atom. The van der Waals surface area contributed by atoms with Gasteiger partial charge in [-0.15, -0.1) is 0 Å². The van der Waals surface area contributed by atoms with E-state index in [2.05, 4.69) is 36.4 Å². The van der Waals surface area contributed by atoms with Crippen molar-refractivity contribution in [1.82, 2.24) is 4.90 Å². The number of quaternary nitrogens is 2. The molecule has 2 aromatic rings. The minimum atomic E-state index is -1.10. The summed E-state index contributed by atoms with van der Waals surface area (Å²) in [6.45, 7) is 9.43. The standard InChI is InChI=1S/C36H42N4O6/c1-21(41)30-33-26-9-5-11-28(32(26)34(36(44)45)38(33)35(30)43)46-27-10-4-8-25-23(22-6-2-3-7-24(22)31(25)27)12-13-39-14-17-40(18-15-39,19-16-39)20-29(37)42/h2-4,6-8,10,21,23,26,28,30,33,41H,5,9,11-20H2,1H3,(H-2,37,42,44,45)/p+2. The summed E-state index contributed by atoms with van der Waals surface area (Å²) in [5.74, 6) is -1.31. The number of piperazine rings is 3. The van der Waals surface area contributed by atoms with Crippen molar-refractivity contribution < 1.29 is 38.3 Å². The van der Waals surface area contributed by atoms with Crippen LogP contribution < -0.4 is 10.5 Å². The quantitative estimate of drug-likeness (QED) is 0.289. The third-order valence-corrected chi connectivity index (χ3v) is 12.4. The van der Waals surface area contributed by atoms with Crippen molar-refractivity contribution in [1.29, 1.82) is 0 Å². The van der Waals surface area contributed by atoms with Gasteiger partial charge in [0.2, 0.25) is 5.91 Å². The number of primary amides is 1. The normalized spacial score (nSPS) is 34.3. The molecule has 5 heterocycles. The van der Waals surface area contributed by atoms with Crippen LogP contribution in [-0.2, 0) is 14.4 Å². The number of hydrogen-bond donors (Lipinski definition) is 3. The van der Waals surface area contributed by atoms with Crippen LogP contribution in [0.2, 0.25) is 0 Å². The van der Waals surface area contributed by atoms with Crippen molar-refractivity contribution >= 4 is 17.8 Å². The Hall–Kier alpha value is -3.73. The topological polar surface area (TPSA) is 130 Å². The first-order valence-electron chi connectivity index (χ1n) is 17.0. The summed E-state index contributed by atoms with van der Waals surface area (Å²) < 4.78 is 8.82. The first-order chi connectivity index (χ1) is 22.1. The average molecular weight is 629 g/mol. The van der Waals surface area contributed by atoms with Gasteiger partial charge in [-0.3, -0.25) is 9.59 Å². The van der Waals surface area contributed by atoms with Gasteiger partial charge in [0.05, 0.1) is 24.6 Å². The van der Waals surface area contributed by atoms with E-state index in [-0.39, 0.29) is 35.4 Å². The molecule has 0 radical (unpaired) electrons. The maximum atomic E-state index is 13.0. The summed E-state index contributed by atoms with van der Waals surface area (Å²) in [6, 6.07) is 14.5. The SMILES string of the molecule is CC(O)C1C(=O)N2C(C(=O)O)=C3C(Oc4cccc5c4-c4ccccc4C5CC[N+]45CC[N+](CC(N)=O)(CC4)CC5)CCCC3C12. The van der Waals surface area contributed by atoms with E-state index in [0.29, 0.717) is 18.5 Å². The Bertz CT molecular complexity index is 1640. The number of amides is 2. The molecule has 4 saturated heterocycles. The Labute approximate surface area is 269 Å². The highest BCUT2D eigenvalue weighted by atomic mass is 16.5. The second-order valence-corrected chi connectivity index (χ2v) is 14.7. The third-order valence-electron chi connectivity index (χ3n) is 12.4. The highest BCUT2D eigenvalue weighted by Crippen LogP contribution is 2.55. The van der Waals surface area contributed by atoms with E-state index in [4.69, 9.17) is 10.5 Å². The van der Waals surface area contributed by atoms with Gasteiger partial charge >= 0.3 is 5.97 Å². The molecule has 6 unspecified atom stereocenters. The van der Waals surface area contributed by atoms with Crippen LogP contribution in [0.5, 0.6) is 5.75 Å². The highest BCUT2D eigenvalue weighted by molar-refractivity contribution is 6.00. The number of aliphatic carboxylic acids is 1. The Morgan fingerprint density at radius 2 is 1.70 bits per heavy atom. The number of carboxylic acid groups (broad SMARTS) is 1. The molecule has 242 valence electrons. The monoisotopic (exact) mass is 628 g/mol. The van der Waals surface area contributed by atoms with E-state index in [1.165, 1.54) is 21.6 Å². The summed E-state index contributed by atoms with van der Waals surface area (Å²) in [6.07, 6.45) is 2.07. The fraction of sp³-hybridized carbons (Fsp3) is 0.528. The van der Waals surface area contributed by atoms with Gasteiger partial charge in [0, 0.05) is 29.4 Å². The molecule has 9 rings (SSSR count). The molecule has 10 nitrogen and oxygen atoms in total. The van der Waals surface area contributed by atoms with Crippen molar-refractivity contribution in [3.05, 3.63) is 64.9 Å². The second-order valence-electron chi connectivity index (χ2n) is 14.7. The number of ether oxygens (including phenoxy) is 1. The van der Waals surface area contributed by atoms with E-state index in [1.54, 1.807) is 6.92 Å². The molecule has 4 N–H and O–H groups in total. The highest BCUT2D eigenvalue weighted by Gasteiger charge is 2.62. The van der Waals surface area contributed by atoms with Crippen molar-refractivity contribution in [3.8, 4) is 16.9 Å². The number of benzene rings is 2. The lowest BCUT2D eigenvalue weighted by atomic mass is 9.71. The summed E-state index contributed by atoms with van der Waals surface area (Å²) in [5.41, 5.74) is 11.2. The number of carbonyl (C=O) groups excluding carboxylic acids is 2. The van der Waals surface area contributed by atoms with Crippen molar-refractivity contribution in [2.24, 2.45) is 17.6 Å². The van der Waals surface area contributed by atoms with Crippen LogP contribution in [0, 0.1) is 11.8 Å². The third kappa shape index (κ3) is 4.37. The largest absolute Gasteiger partial charge is 0.485 e. The number of aliphatic hydroxyl groups excluding tert-OH is 1. The average Bonchev–Trinajstić information content (AvgIpc) is 3.52. The minimum absolute atomic E-state index is 0.0583. The number of β-lactam (4-membered cyclic amide) rings is 1. The van der Waals surface area contributed by atoms with E-state index in [0.717, 1.165) is 85.4 Å². The zero-order chi connectivity index (χ0) is 32.0. The number of nitrogens with two attached hydrogens (primary N) is 1. The van der Waals surface area contributed by atoms with Crippen LogP contribution in [0.3, 0.4) is 0 Å². The number of rotatable bonds is 9. The van der Waals surface area contributed by atoms with Gasteiger partial charge in [-0.25, -0.2) is 4.79 Å². The first kappa shape index (κ1) is 29.7. The first-order valence-corrected chi connectivity index (χ1v) is 17.0. The van der Waals surface area contributed by atoms with Crippen molar-refractivity contribution in [2.75, 3.05) is 52.4 Å². The number of carbonyl (C=O) groups is 3. The number of carboxylic acids is 1. The zero-order valence-electron chi connectivity index (χ0n) is 26.4.